The molecule has 0 N–H and O–H groups in total. The first-order valence-electron chi connectivity index (χ1n) is 4.66. The van der Waals surface area contributed by atoms with Gasteiger partial charge >= 0.3 is 96.8 Å². The molecule has 0 aliphatic rings. The van der Waals surface area contributed by atoms with Gasteiger partial charge in [-0.15, -0.1) is 0 Å². The zero-order chi connectivity index (χ0) is 10.7. The number of carbonyl (C=O) groups is 1. The maximum absolute atomic E-state index is 11.1. The third-order valence-electron chi connectivity index (χ3n) is 2.24. The number of carbonyl (C=O) groups excluding carboxylic acids is 1. The van der Waals surface area contributed by atoms with Gasteiger partial charge in [0.15, 0.2) is 0 Å². The minimum absolute atomic E-state index is 0.0436. The first-order valence-corrected chi connectivity index (χ1v) is 5.60. The molecule has 0 radical (unpaired) electrons. The van der Waals surface area contributed by atoms with Gasteiger partial charge in [0, 0.05) is 0 Å². The molecule has 0 spiro atoms. The molecule has 0 heterocycles. The molecule has 0 bridgehead atoms. The monoisotopic (exact) mass is 262 g/mol. The molecule has 2 rings (SSSR count). The molecule has 0 amide bonds. The van der Waals surface area contributed by atoms with Crippen molar-refractivity contribution in [3.63, 3.8) is 0 Å². The van der Waals surface area contributed by atoms with E-state index >= 15 is 0 Å². The quantitative estimate of drug-likeness (QED) is 0.759. The van der Waals surface area contributed by atoms with Crippen molar-refractivity contribution in [2.75, 3.05) is 0 Å². The van der Waals surface area contributed by atoms with Crippen LogP contribution in [0.5, 0.6) is 0 Å². The zero-order valence-corrected chi connectivity index (χ0v) is 9.93. The van der Waals surface area contributed by atoms with Gasteiger partial charge in [0.05, 0.1) is 0 Å². The van der Waals surface area contributed by atoms with Gasteiger partial charge in [-0.2, -0.15) is 0 Å². The Hall–Kier alpha value is -1.37. The summed E-state index contributed by atoms with van der Waals surface area (Å²) in [5.74, 6) is 0. The second-order valence-corrected chi connectivity index (χ2v) is 4.10. The van der Waals surface area contributed by atoms with E-state index in [1.165, 1.54) is 5.56 Å². The minimum atomic E-state index is 0.0436. The fraction of sp³-hybridized carbons (Fsp3) is 0. The Balaban J connectivity index is 2.36. The number of rotatable bonds is 2. The van der Waals surface area contributed by atoms with Crippen LogP contribution in [0.3, 0.4) is 0 Å². The van der Waals surface area contributed by atoms with Crippen LogP contribution in [0, 0.1) is 0 Å². The molecule has 0 unspecified atom stereocenters. The molecular weight excluding hydrogens is 251 g/mol. The summed E-state index contributed by atoms with van der Waals surface area (Å²) in [6, 6.07) is 17.7. The summed E-state index contributed by atoms with van der Waals surface area (Å²) in [7, 11) is 0. The van der Waals surface area contributed by atoms with Crippen LogP contribution in [-0.2, 0) is 0 Å². The summed E-state index contributed by atoms with van der Waals surface area (Å²) in [4.78, 5) is 11.1. The molecule has 0 aliphatic heterocycles. The third kappa shape index (κ3) is 2.35. The Kier molecular flexibility index (Phi) is 3.00. The molecule has 0 fully saturated rings. The molecule has 1 nitrogen and oxygen atoms in total. The van der Waals surface area contributed by atoms with Gasteiger partial charge in [-0.05, 0) is 0 Å². The topological polar surface area (TPSA) is 17.1 Å². The predicted molar refractivity (Wildman–Crippen MR) is 63.4 cm³/mol. The SMILES string of the molecule is O=C([SeH])c1ccc(-c2ccccc2)cc1. The molecule has 2 aromatic rings. The van der Waals surface area contributed by atoms with Crippen LogP contribution in [-0.4, -0.2) is 20.7 Å². The summed E-state index contributed by atoms with van der Waals surface area (Å²) in [5.41, 5.74) is 3.03. The summed E-state index contributed by atoms with van der Waals surface area (Å²) in [6.45, 7) is 0. The standard InChI is InChI=1S/C13H10OSe/c14-13(15)12-8-6-11(7-9-12)10-4-2-1-3-5-10/h1-9H,(H,14,15). The number of hydrogen-bond acceptors (Lipinski definition) is 1. The average molecular weight is 261 g/mol. The van der Waals surface area contributed by atoms with Crippen molar-refractivity contribution >= 4 is 20.7 Å². The van der Waals surface area contributed by atoms with E-state index in [9.17, 15) is 4.79 Å². The van der Waals surface area contributed by atoms with Crippen LogP contribution in [0.4, 0.5) is 0 Å². The summed E-state index contributed by atoms with van der Waals surface area (Å²) < 4.78 is 0.0436. The van der Waals surface area contributed by atoms with Gasteiger partial charge in [0.25, 0.3) is 0 Å². The van der Waals surface area contributed by atoms with Crippen LogP contribution in [0.2, 0.25) is 0 Å². The Morgan fingerprint density at radius 2 is 1.33 bits per heavy atom. The van der Waals surface area contributed by atoms with E-state index in [0.717, 1.165) is 11.1 Å². The van der Waals surface area contributed by atoms with Gasteiger partial charge in [0.1, 0.15) is 0 Å². The van der Waals surface area contributed by atoms with Crippen LogP contribution < -0.4 is 0 Å². The van der Waals surface area contributed by atoms with Crippen LogP contribution >= 0.6 is 0 Å². The molecule has 2 aromatic carbocycles. The van der Waals surface area contributed by atoms with E-state index in [-0.39, 0.29) is 4.68 Å². The van der Waals surface area contributed by atoms with Gasteiger partial charge in [-0.1, -0.05) is 0 Å². The molecule has 0 aliphatic carbocycles. The maximum atomic E-state index is 11.1. The van der Waals surface area contributed by atoms with Crippen LogP contribution in [0.1, 0.15) is 10.4 Å². The Morgan fingerprint density at radius 3 is 1.87 bits per heavy atom. The van der Waals surface area contributed by atoms with Crippen molar-refractivity contribution in [1.82, 2.24) is 0 Å². The summed E-state index contributed by atoms with van der Waals surface area (Å²) >= 11 is 2.03. The van der Waals surface area contributed by atoms with Gasteiger partial charge in [-0.25, -0.2) is 0 Å². The van der Waals surface area contributed by atoms with E-state index in [1.54, 1.807) is 0 Å². The Labute approximate surface area is 97.0 Å². The molecule has 0 aromatic heterocycles. The van der Waals surface area contributed by atoms with E-state index in [2.05, 4.69) is 12.1 Å². The van der Waals surface area contributed by atoms with Gasteiger partial charge < -0.3 is 0 Å². The molecule has 15 heavy (non-hydrogen) atoms. The predicted octanol–water partition coefficient (Wildman–Crippen LogP) is 2.39. The Morgan fingerprint density at radius 1 is 0.800 bits per heavy atom. The van der Waals surface area contributed by atoms with E-state index < -0.39 is 0 Å². The van der Waals surface area contributed by atoms with Crippen molar-refractivity contribution in [1.29, 1.82) is 0 Å². The van der Waals surface area contributed by atoms with E-state index in [0.29, 0.717) is 0 Å². The molecule has 0 saturated heterocycles. The molecule has 0 saturated carbocycles. The molecule has 2 heteroatoms. The number of benzene rings is 2. The normalized spacial score (nSPS) is 9.93. The first-order chi connectivity index (χ1) is 7.27. The first kappa shape index (κ1) is 10.2. The van der Waals surface area contributed by atoms with Crippen molar-refractivity contribution in [3.8, 4) is 11.1 Å². The zero-order valence-electron chi connectivity index (χ0n) is 8.05. The second kappa shape index (κ2) is 4.43. The van der Waals surface area contributed by atoms with Crippen LogP contribution in [0.15, 0.2) is 54.6 Å². The van der Waals surface area contributed by atoms with Gasteiger partial charge in [-0.3, -0.25) is 0 Å². The fourth-order valence-electron chi connectivity index (χ4n) is 1.44. The molecular formula is C13H10OSe. The van der Waals surface area contributed by atoms with Crippen LogP contribution in [0.25, 0.3) is 11.1 Å². The third-order valence-corrected chi connectivity index (χ3v) is 2.78. The second-order valence-electron chi connectivity index (χ2n) is 3.25. The Bertz CT molecular complexity index is 460. The average Bonchev–Trinajstić information content (AvgIpc) is 2.30. The summed E-state index contributed by atoms with van der Waals surface area (Å²) in [5, 5.41) is 0. The van der Waals surface area contributed by atoms with Gasteiger partial charge in [0.2, 0.25) is 0 Å². The summed E-state index contributed by atoms with van der Waals surface area (Å²) in [6.07, 6.45) is 0. The van der Waals surface area contributed by atoms with E-state index in [1.807, 2.05) is 58.5 Å². The fourth-order valence-corrected chi connectivity index (χ4v) is 1.75. The van der Waals surface area contributed by atoms with E-state index in [4.69, 9.17) is 0 Å². The van der Waals surface area contributed by atoms with Crippen molar-refractivity contribution in [2.45, 2.75) is 0 Å². The van der Waals surface area contributed by atoms with Crippen molar-refractivity contribution in [3.05, 3.63) is 60.2 Å². The molecule has 74 valence electrons. The number of hydrogen-bond donors (Lipinski definition) is 0. The van der Waals surface area contributed by atoms with Crippen molar-refractivity contribution in [2.24, 2.45) is 0 Å². The molecule has 0 atom stereocenters. The van der Waals surface area contributed by atoms with Crippen molar-refractivity contribution < 1.29 is 4.79 Å².